The highest BCUT2D eigenvalue weighted by atomic mass is 35.5. The van der Waals surface area contributed by atoms with Gasteiger partial charge in [0.25, 0.3) is 5.91 Å². The number of piperazine rings is 1. The van der Waals surface area contributed by atoms with E-state index < -0.39 is 75.2 Å². The van der Waals surface area contributed by atoms with Gasteiger partial charge in [-0.3, -0.25) is 19.2 Å². The minimum atomic E-state index is -1.85. The number of benzene rings is 5. The summed E-state index contributed by atoms with van der Waals surface area (Å²) in [7, 11) is 2.96. The van der Waals surface area contributed by atoms with E-state index in [1.165, 1.54) is 84.8 Å². The number of aromatic nitrogens is 2. The summed E-state index contributed by atoms with van der Waals surface area (Å²) < 4.78 is 80.9. The van der Waals surface area contributed by atoms with Crippen LogP contribution in [0.4, 0.5) is 35.0 Å². The molecule has 0 aliphatic carbocycles. The van der Waals surface area contributed by atoms with Crippen LogP contribution in [-0.2, 0) is 29.3 Å². The van der Waals surface area contributed by atoms with Crippen LogP contribution in [0.15, 0.2) is 91.5 Å². The number of nitrogens with one attached hydrogen (secondary N) is 4. The largest absolute Gasteiger partial charge is 0.507 e. The van der Waals surface area contributed by atoms with Gasteiger partial charge in [-0.05, 0) is 78.1 Å². The van der Waals surface area contributed by atoms with Crippen molar-refractivity contribution in [3.05, 3.63) is 147 Å². The lowest BCUT2D eigenvalue weighted by molar-refractivity contribution is -0.130. The lowest BCUT2D eigenvalue weighted by atomic mass is 9.62. The summed E-state index contributed by atoms with van der Waals surface area (Å²) in [6, 6.07) is 17.6. The molecule has 2 aliphatic heterocycles. The molecule has 87 heavy (non-hydrogen) atoms. The van der Waals surface area contributed by atoms with Crippen molar-refractivity contribution in [1.29, 1.82) is 5.26 Å². The zero-order valence-electron chi connectivity index (χ0n) is 48.3. The van der Waals surface area contributed by atoms with Gasteiger partial charge in [-0.15, -0.1) is 0 Å². The van der Waals surface area contributed by atoms with Crippen LogP contribution in [0.1, 0.15) is 61.0 Å². The molecular formula is C62H65Cl3F4N10O8. The fourth-order valence-electron chi connectivity index (χ4n) is 10.9. The minimum Gasteiger partial charge on any atom is -0.507 e. The third kappa shape index (κ3) is 14.6. The second-order valence-corrected chi connectivity index (χ2v) is 23.3. The predicted octanol–water partition coefficient (Wildman–Crippen LogP) is 10.0. The Bertz CT molecular complexity index is 3600. The van der Waals surface area contributed by atoms with Crippen LogP contribution in [0.5, 0.6) is 11.5 Å². The summed E-state index contributed by atoms with van der Waals surface area (Å²) >= 11 is 19.0. The summed E-state index contributed by atoms with van der Waals surface area (Å²) in [6.45, 7) is 11.7. The Morgan fingerprint density at radius 2 is 1.61 bits per heavy atom. The number of anilines is 3. The molecule has 0 bridgehead atoms. The molecule has 5 N–H and O–H groups in total. The van der Waals surface area contributed by atoms with Gasteiger partial charge in [0.15, 0.2) is 5.82 Å². The molecular weight excluding hydrogens is 1200 g/mol. The molecule has 2 saturated heterocycles. The Balaban J connectivity index is 0.811. The molecule has 8 rings (SSSR count). The average Bonchev–Trinajstić information content (AvgIpc) is 1.70. The normalized spacial score (nSPS) is 17.6. The Kier molecular flexibility index (Phi) is 21.3. The maximum atomic E-state index is 16.6. The summed E-state index contributed by atoms with van der Waals surface area (Å²) in [5.74, 6) is -6.68. The van der Waals surface area contributed by atoms with Crippen LogP contribution < -0.4 is 30.9 Å². The SMILES string of the molecule is C=CC(=O)N1CCN(c2nc(NCCC(=O)N(C)CCOCCOCCNC(=O)c3ccc(NC(=O)[C@@H]4N[C@@H](CC(C)(C)C)[C@](C#N)(c5ccc(Cl)cc5F)[C@H]4c4cccc(Cl)c4F)c(OC)c3)nc3c(F)c(-c4c(O)cccc4F)c(Cl)cc23)CC1. The Labute approximate surface area is 515 Å². The van der Waals surface area contributed by atoms with E-state index in [4.69, 9.17) is 49.0 Å². The van der Waals surface area contributed by atoms with Crippen molar-refractivity contribution in [2.24, 2.45) is 5.41 Å². The summed E-state index contributed by atoms with van der Waals surface area (Å²) in [4.78, 5) is 67.3. The number of methoxy groups -OCH3 is 1. The maximum absolute atomic E-state index is 16.6. The third-order valence-corrected chi connectivity index (χ3v) is 16.0. The molecule has 18 nitrogen and oxygen atoms in total. The molecule has 0 saturated carbocycles. The molecule has 6 aromatic rings. The second-order valence-electron chi connectivity index (χ2n) is 22.0. The van der Waals surface area contributed by atoms with Crippen LogP contribution in [0.2, 0.25) is 15.1 Å². The van der Waals surface area contributed by atoms with E-state index in [9.17, 15) is 29.5 Å². The van der Waals surface area contributed by atoms with E-state index in [0.29, 0.717) is 32.0 Å². The highest BCUT2D eigenvalue weighted by molar-refractivity contribution is 6.34. The topological polar surface area (TPSA) is 224 Å². The molecule has 460 valence electrons. The number of hydrogen-bond acceptors (Lipinski definition) is 14. The van der Waals surface area contributed by atoms with Crippen molar-refractivity contribution < 1.29 is 56.1 Å². The molecule has 0 radical (unpaired) electrons. The maximum Gasteiger partial charge on any atom is 0.251 e. The molecule has 2 fully saturated rings. The molecule has 0 spiro atoms. The highest BCUT2D eigenvalue weighted by Gasteiger charge is 2.61. The zero-order chi connectivity index (χ0) is 62.9. The molecule has 25 heteroatoms. The molecule has 0 unspecified atom stereocenters. The Hall–Kier alpha value is -7.78. The first-order valence-corrected chi connectivity index (χ1v) is 29.0. The number of fused-ring (bicyclic) bond motifs is 1. The van der Waals surface area contributed by atoms with Gasteiger partial charge in [0.2, 0.25) is 23.7 Å². The number of rotatable bonds is 23. The molecule has 4 atom stereocenters. The predicted molar refractivity (Wildman–Crippen MR) is 325 cm³/mol. The molecule has 3 heterocycles. The number of nitriles is 1. The fraction of sp³-hybridized carbons (Fsp3) is 0.371. The number of hydrogen-bond donors (Lipinski definition) is 5. The number of halogens is 7. The number of carbonyl (C=O) groups excluding carboxylic acids is 4. The number of phenolic OH excluding ortho intramolecular Hbond substituents is 1. The highest BCUT2D eigenvalue weighted by Crippen LogP contribution is 2.53. The van der Waals surface area contributed by atoms with E-state index in [1.54, 1.807) is 11.9 Å². The van der Waals surface area contributed by atoms with Gasteiger partial charge in [0.1, 0.15) is 45.7 Å². The van der Waals surface area contributed by atoms with Gasteiger partial charge < -0.3 is 55.3 Å². The van der Waals surface area contributed by atoms with Crippen molar-refractivity contribution in [1.82, 2.24) is 30.4 Å². The number of aromatic hydroxyl groups is 1. The van der Waals surface area contributed by atoms with E-state index in [2.05, 4.69) is 43.9 Å². The first kappa shape index (κ1) is 65.2. The minimum absolute atomic E-state index is 0.0116. The van der Waals surface area contributed by atoms with Gasteiger partial charge in [-0.1, -0.05) is 86.4 Å². The van der Waals surface area contributed by atoms with Gasteiger partial charge in [-0.2, -0.15) is 10.2 Å². The summed E-state index contributed by atoms with van der Waals surface area (Å²) in [5, 5.41) is 33.5. The van der Waals surface area contributed by atoms with E-state index in [1.807, 2.05) is 25.7 Å². The number of amides is 4. The van der Waals surface area contributed by atoms with E-state index in [0.717, 1.165) is 12.1 Å². The van der Waals surface area contributed by atoms with Crippen molar-refractivity contribution in [2.75, 3.05) is 102 Å². The quantitative estimate of drug-likeness (QED) is 0.0229. The lowest BCUT2D eigenvalue weighted by Crippen LogP contribution is -2.48. The standard InChI is InChI=1S/C62H65Cl3F4N10O8/c1-7-48(81)78-21-23-79(24-22-78)57-38-32-41(65)50(51-42(66)12-9-13-45(51)80)54(69)55(38)75-60(76-57)72-19-18-49(82)77(5)25-27-87-29-28-86-26-20-71-58(83)35-14-17-44(46(30-35)85-6)73-59(84)56-52(37-10-8-11-40(64)53(37)68)62(34-70,47(74-56)33-61(2,3)4)39-16-15-36(63)31-43(39)67/h7-17,30-32,47,52,56,74,80H,1,18-29,33H2,2-6H3,(H,71,83)(H,73,84)(H,72,75,76)/t47-,52-,56+,62-/m0/s1. The zero-order valence-corrected chi connectivity index (χ0v) is 50.6. The first-order valence-electron chi connectivity index (χ1n) is 27.8. The van der Waals surface area contributed by atoms with Crippen LogP contribution in [0, 0.1) is 40.0 Å². The Morgan fingerprint density at radius 1 is 0.885 bits per heavy atom. The van der Waals surface area contributed by atoms with Crippen molar-refractivity contribution >= 4 is 86.8 Å². The summed E-state index contributed by atoms with van der Waals surface area (Å²) in [5.41, 5.74) is -3.14. The molecule has 4 amide bonds. The molecule has 1 aromatic heterocycles. The van der Waals surface area contributed by atoms with Crippen molar-refractivity contribution in [3.8, 4) is 28.7 Å². The van der Waals surface area contributed by atoms with Crippen molar-refractivity contribution in [3.63, 3.8) is 0 Å². The van der Waals surface area contributed by atoms with Crippen LogP contribution in [0.25, 0.3) is 22.0 Å². The molecule has 2 aliphatic rings. The van der Waals surface area contributed by atoms with E-state index in [-0.39, 0.29) is 136 Å². The van der Waals surface area contributed by atoms with Crippen molar-refractivity contribution in [2.45, 2.75) is 57.0 Å². The van der Waals surface area contributed by atoms with Gasteiger partial charge >= 0.3 is 0 Å². The van der Waals surface area contributed by atoms with Crippen LogP contribution in [0.3, 0.4) is 0 Å². The number of ether oxygens (including phenoxy) is 3. The number of carbonyl (C=O) groups is 4. The third-order valence-electron chi connectivity index (χ3n) is 15.1. The van der Waals surface area contributed by atoms with Crippen LogP contribution in [-0.4, -0.2) is 147 Å². The van der Waals surface area contributed by atoms with Gasteiger partial charge in [0, 0.05) is 98.3 Å². The second kappa shape index (κ2) is 28.4. The monoisotopic (exact) mass is 1260 g/mol. The van der Waals surface area contributed by atoms with Gasteiger partial charge in [-0.25, -0.2) is 22.5 Å². The van der Waals surface area contributed by atoms with E-state index >= 15 is 17.6 Å². The Morgan fingerprint density at radius 3 is 2.29 bits per heavy atom. The number of likely N-dealkylation sites (N-methyl/N-ethyl adjacent to an activating group) is 1. The van der Waals surface area contributed by atoms with Crippen LogP contribution >= 0.6 is 34.8 Å². The van der Waals surface area contributed by atoms with Gasteiger partial charge in [0.05, 0.1) is 66.9 Å². The lowest BCUT2D eigenvalue weighted by Gasteiger charge is -2.37. The fourth-order valence-corrected chi connectivity index (χ4v) is 11.5. The first-order chi connectivity index (χ1) is 41.5. The number of nitrogens with zero attached hydrogens (tertiary/aromatic N) is 6. The smallest absolute Gasteiger partial charge is 0.251 e. The molecule has 5 aromatic carbocycles. The number of phenols is 1. The summed E-state index contributed by atoms with van der Waals surface area (Å²) in [6.07, 6.45) is 1.48. The average molecular weight is 1260 g/mol.